The van der Waals surface area contributed by atoms with Crippen LogP contribution in [-0.2, 0) is 0 Å². The van der Waals surface area contributed by atoms with Crippen LogP contribution in [0.25, 0.3) is 0 Å². The van der Waals surface area contributed by atoms with Crippen LogP contribution in [-0.4, -0.2) is 28.7 Å². The summed E-state index contributed by atoms with van der Waals surface area (Å²) < 4.78 is 13.9. The molecule has 1 heterocycles. The second-order valence-electron chi connectivity index (χ2n) is 7.11. The Morgan fingerprint density at radius 2 is 1.71 bits per heavy atom. The van der Waals surface area contributed by atoms with Gasteiger partial charge in [0.05, 0.1) is 16.8 Å². The Hall–Kier alpha value is -2.73. The lowest BCUT2D eigenvalue weighted by atomic mass is 9.94. The maximum Gasteiger partial charge on any atom is 0.261 e. The van der Waals surface area contributed by atoms with Crippen molar-refractivity contribution in [3.8, 4) is 0 Å². The molecule has 1 aliphatic carbocycles. The number of benzene rings is 2. The molecule has 5 nitrogen and oxygen atoms in total. The van der Waals surface area contributed by atoms with E-state index in [1.807, 2.05) is 0 Å². The third-order valence-electron chi connectivity index (χ3n) is 5.30. The van der Waals surface area contributed by atoms with Gasteiger partial charge in [-0.3, -0.25) is 19.3 Å². The number of carbonyl (C=O) groups excluding carboxylic acids is 3. The number of fused-ring (bicyclic) bond motifs is 1. The Bertz CT molecular complexity index is 986. The highest BCUT2D eigenvalue weighted by atomic mass is 35.5. The fourth-order valence-corrected chi connectivity index (χ4v) is 4.02. The molecule has 28 heavy (non-hydrogen) atoms. The van der Waals surface area contributed by atoms with E-state index in [9.17, 15) is 18.8 Å². The minimum atomic E-state index is -0.656. The van der Waals surface area contributed by atoms with E-state index in [0.29, 0.717) is 5.56 Å². The van der Waals surface area contributed by atoms with Crippen LogP contribution in [0.4, 0.5) is 10.1 Å². The standard InChI is InChI=1S/C21H18ClFN2O3/c22-13-7-9-18(17(23)11-13)24-19(26)12-6-8-15-16(10-12)21(28)25(20(15)27)14-4-2-1-3-5-14/h6-11,14H,1-5H2,(H,24,26). The van der Waals surface area contributed by atoms with Gasteiger partial charge in [0.1, 0.15) is 5.82 Å². The number of hydrogen-bond acceptors (Lipinski definition) is 3. The number of rotatable bonds is 3. The van der Waals surface area contributed by atoms with E-state index in [2.05, 4.69) is 5.32 Å². The van der Waals surface area contributed by atoms with Crippen LogP contribution in [0, 0.1) is 5.82 Å². The SMILES string of the molecule is O=C(Nc1ccc(Cl)cc1F)c1ccc2c(c1)C(=O)N(C1CCCCC1)C2=O. The van der Waals surface area contributed by atoms with Crippen molar-refractivity contribution >= 4 is 35.0 Å². The second-order valence-corrected chi connectivity index (χ2v) is 7.55. The minimum absolute atomic E-state index is 0.0128. The van der Waals surface area contributed by atoms with Crippen LogP contribution in [0.2, 0.25) is 5.02 Å². The van der Waals surface area contributed by atoms with Crippen LogP contribution in [0.5, 0.6) is 0 Å². The van der Waals surface area contributed by atoms with E-state index in [-0.39, 0.29) is 39.7 Å². The normalized spacial score (nSPS) is 17.0. The first-order valence-electron chi connectivity index (χ1n) is 9.24. The zero-order valence-electron chi connectivity index (χ0n) is 15.0. The van der Waals surface area contributed by atoms with Gasteiger partial charge in [-0.2, -0.15) is 0 Å². The summed E-state index contributed by atoms with van der Waals surface area (Å²) >= 11 is 5.72. The molecule has 1 saturated carbocycles. The number of halogens is 2. The van der Waals surface area contributed by atoms with Crippen molar-refractivity contribution in [3.63, 3.8) is 0 Å². The van der Waals surface area contributed by atoms with Crippen molar-refractivity contribution < 1.29 is 18.8 Å². The van der Waals surface area contributed by atoms with Crippen molar-refractivity contribution in [2.75, 3.05) is 5.32 Å². The summed E-state index contributed by atoms with van der Waals surface area (Å²) in [6.07, 6.45) is 4.74. The number of anilines is 1. The van der Waals surface area contributed by atoms with Crippen LogP contribution in [0.15, 0.2) is 36.4 Å². The van der Waals surface area contributed by atoms with E-state index in [0.717, 1.165) is 38.2 Å². The molecule has 144 valence electrons. The monoisotopic (exact) mass is 400 g/mol. The average molecular weight is 401 g/mol. The maximum absolute atomic E-state index is 13.9. The van der Waals surface area contributed by atoms with E-state index in [4.69, 9.17) is 11.6 Å². The number of carbonyl (C=O) groups is 3. The van der Waals surface area contributed by atoms with Crippen LogP contribution < -0.4 is 5.32 Å². The molecule has 2 aliphatic rings. The number of imide groups is 1. The molecule has 2 aromatic rings. The fraction of sp³-hybridized carbons (Fsp3) is 0.286. The molecule has 0 radical (unpaired) electrons. The van der Waals surface area contributed by atoms with E-state index in [1.165, 1.54) is 35.2 Å². The fourth-order valence-electron chi connectivity index (χ4n) is 3.86. The third-order valence-corrected chi connectivity index (χ3v) is 5.53. The van der Waals surface area contributed by atoms with Gasteiger partial charge in [0.2, 0.25) is 0 Å². The first-order chi connectivity index (χ1) is 13.5. The average Bonchev–Trinajstić information content (AvgIpc) is 2.94. The largest absolute Gasteiger partial charge is 0.319 e. The van der Waals surface area contributed by atoms with Crippen molar-refractivity contribution in [1.29, 1.82) is 0 Å². The summed E-state index contributed by atoms with van der Waals surface area (Å²) in [6, 6.07) is 8.21. The van der Waals surface area contributed by atoms with Gasteiger partial charge in [-0.05, 0) is 49.2 Å². The Morgan fingerprint density at radius 3 is 2.43 bits per heavy atom. The van der Waals surface area contributed by atoms with Crippen molar-refractivity contribution in [2.45, 2.75) is 38.1 Å². The quantitative estimate of drug-likeness (QED) is 0.762. The summed E-state index contributed by atoms with van der Waals surface area (Å²) in [5.74, 6) is -1.89. The van der Waals surface area contributed by atoms with Crippen molar-refractivity contribution in [3.05, 3.63) is 63.9 Å². The molecule has 0 unspecified atom stereocenters. The smallest absolute Gasteiger partial charge is 0.261 e. The molecule has 0 atom stereocenters. The van der Waals surface area contributed by atoms with Gasteiger partial charge in [0.15, 0.2) is 0 Å². The minimum Gasteiger partial charge on any atom is -0.319 e. The van der Waals surface area contributed by atoms with Gasteiger partial charge in [0, 0.05) is 16.6 Å². The first kappa shape index (κ1) is 18.6. The van der Waals surface area contributed by atoms with Crippen molar-refractivity contribution in [1.82, 2.24) is 4.90 Å². The highest BCUT2D eigenvalue weighted by Crippen LogP contribution is 2.31. The summed E-state index contributed by atoms with van der Waals surface area (Å²) in [4.78, 5) is 39.4. The van der Waals surface area contributed by atoms with E-state index in [1.54, 1.807) is 0 Å². The molecule has 7 heteroatoms. The Morgan fingerprint density at radius 1 is 1.00 bits per heavy atom. The molecule has 0 bridgehead atoms. The lowest BCUT2D eigenvalue weighted by Gasteiger charge is -2.29. The molecule has 3 amide bonds. The summed E-state index contributed by atoms with van der Waals surface area (Å²) in [5, 5.41) is 2.69. The number of nitrogens with zero attached hydrogens (tertiary/aromatic N) is 1. The number of hydrogen-bond donors (Lipinski definition) is 1. The van der Waals surface area contributed by atoms with Crippen molar-refractivity contribution in [2.24, 2.45) is 0 Å². The van der Waals surface area contributed by atoms with Gasteiger partial charge in [-0.1, -0.05) is 30.9 Å². The number of nitrogens with one attached hydrogen (secondary N) is 1. The summed E-state index contributed by atoms with van der Waals surface area (Å²) in [7, 11) is 0. The van der Waals surface area contributed by atoms with Gasteiger partial charge in [0.25, 0.3) is 17.7 Å². The van der Waals surface area contributed by atoms with Gasteiger partial charge < -0.3 is 5.32 Å². The van der Waals surface area contributed by atoms with Gasteiger partial charge >= 0.3 is 0 Å². The zero-order valence-corrected chi connectivity index (χ0v) is 15.8. The lowest BCUT2D eigenvalue weighted by molar-refractivity contribution is 0.0549. The van der Waals surface area contributed by atoms with Crippen LogP contribution >= 0.6 is 11.6 Å². The van der Waals surface area contributed by atoms with Gasteiger partial charge in [-0.25, -0.2) is 4.39 Å². The predicted octanol–water partition coefficient (Wildman–Crippen LogP) is 4.66. The van der Waals surface area contributed by atoms with Crippen LogP contribution in [0.3, 0.4) is 0 Å². The molecule has 0 spiro atoms. The maximum atomic E-state index is 13.9. The molecular formula is C21H18ClFN2O3. The molecule has 4 rings (SSSR count). The number of amides is 3. The highest BCUT2D eigenvalue weighted by Gasteiger charge is 2.40. The molecular weight excluding hydrogens is 383 g/mol. The van der Waals surface area contributed by atoms with Crippen LogP contribution in [0.1, 0.15) is 63.2 Å². The third kappa shape index (κ3) is 3.29. The topological polar surface area (TPSA) is 66.5 Å². The summed E-state index contributed by atoms with van der Waals surface area (Å²) in [6.45, 7) is 0. The molecule has 1 aliphatic heterocycles. The second kappa shape index (κ2) is 7.36. The zero-order chi connectivity index (χ0) is 19.8. The Kier molecular flexibility index (Phi) is 4.89. The predicted molar refractivity (Wildman–Crippen MR) is 103 cm³/mol. The molecule has 1 fully saturated rings. The molecule has 0 saturated heterocycles. The molecule has 2 aromatic carbocycles. The first-order valence-corrected chi connectivity index (χ1v) is 9.62. The summed E-state index contributed by atoms with van der Waals surface area (Å²) in [5.41, 5.74) is 0.700. The van der Waals surface area contributed by atoms with E-state index >= 15 is 0 Å². The molecule has 1 N–H and O–H groups in total. The molecule has 0 aromatic heterocycles. The highest BCUT2D eigenvalue weighted by molar-refractivity contribution is 6.30. The Labute approximate surface area is 166 Å². The lowest BCUT2D eigenvalue weighted by Crippen LogP contribution is -2.40. The van der Waals surface area contributed by atoms with E-state index < -0.39 is 11.7 Å². The van der Waals surface area contributed by atoms with Gasteiger partial charge in [-0.15, -0.1) is 0 Å². The Balaban J connectivity index is 1.58.